The highest BCUT2D eigenvalue weighted by molar-refractivity contribution is 4.84. The molecule has 2 atom stereocenters. The molecule has 14 heavy (non-hydrogen) atoms. The summed E-state index contributed by atoms with van der Waals surface area (Å²) in [6, 6.07) is 2.11. The maximum atomic E-state index is 9.61. The zero-order chi connectivity index (χ0) is 11.0. The highest BCUT2D eigenvalue weighted by Crippen LogP contribution is 2.19. The van der Waals surface area contributed by atoms with Gasteiger partial charge >= 0.3 is 0 Å². The smallest absolute Gasteiger partial charge is 0.0866 e. The van der Waals surface area contributed by atoms with Crippen LogP contribution in [0.3, 0.4) is 0 Å². The largest absolute Gasteiger partial charge is 0.392 e. The van der Waals surface area contributed by atoms with Crippen LogP contribution >= 0.6 is 0 Å². The highest BCUT2D eigenvalue weighted by Gasteiger charge is 2.25. The van der Waals surface area contributed by atoms with Crippen LogP contribution in [0.4, 0.5) is 0 Å². The second-order valence-corrected chi connectivity index (χ2v) is 3.42. The van der Waals surface area contributed by atoms with Gasteiger partial charge in [0, 0.05) is 6.54 Å². The Labute approximate surface area is 87.3 Å². The lowest BCUT2D eigenvalue weighted by Crippen LogP contribution is -2.43. The van der Waals surface area contributed by atoms with E-state index in [0.717, 1.165) is 19.4 Å². The van der Waals surface area contributed by atoms with Crippen LogP contribution in [0.25, 0.3) is 0 Å². The van der Waals surface area contributed by atoms with E-state index in [2.05, 4.69) is 13.0 Å². The Kier molecular flexibility index (Phi) is 7.45. The third kappa shape index (κ3) is 4.08. The SMILES string of the molecule is CC.CCC1CCN(CC#N)CC1O. The van der Waals surface area contributed by atoms with Crippen LogP contribution in [0.2, 0.25) is 0 Å². The summed E-state index contributed by atoms with van der Waals surface area (Å²) in [5.41, 5.74) is 0. The normalized spacial score (nSPS) is 27.4. The second kappa shape index (κ2) is 7.78. The van der Waals surface area contributed by atoms with Gasteiger partial charge in [-0.15, -0.1) is 0 Å². The van der Waals surface area contributed by atoms with Gasteiger partial charge in [0.15, 0.2) is 0 Å². The van der Waals surface area contributed by atoms with Crippen LogP contribution in [0.5, 0.6) is 0 Å². The topological polar surface area (TPSA) is 47.3 Å². The third-order valence-electron chi connectivity index (χ3n) is 2.62. The van der Waals surface area contributed by atoms with E-state index in [1.54, 1.807) is 0 Å². The molecule has 0 saturated carbocycles. The van der Waals surface area contributed by atoms with Crippen molar-refractivity contribution in [3.05, 3.63) is 0 Å². The van der Waals surface area contributed by atoms with E-state index < -0.39 is 0 Å². The molecule has 1 aliphatic heterocycles. The summed E-state index contributed by atoms with van der Waals surface area (Å²) >= 11 is 0. The van der Waals surface area contributed by atoms with Crippen LogP contribution in [0.15, 0.2) is 0 Å². The van der Waals surface area contributed by atoms with Crippen LogP contribution in [0.1, 0.15) is 33.6 Å². The Morgan fingerprint density at radius 3 is 2.57 bits per heavy atom. The van der Waals surface area contributed by atoms with Crippen molar-refractivity contribution in [3.8, 4) is 6.07 Å². The zero-order valence-corrected chi connectivity index (χ0v) is 9.53. The summed E-state index contributed by atoms with van der Waals surface area (Å²) in [6.07, 6.45) is 1.85. The van der Waals surface area contributed by atoms with Crippen LogP contribution in [-0.2, 0) is 0 Å². The molecule has 3 nitrogen and oxygen atoms in total. The maximum Gasteiger partial charge on any atom is 0.0866 e. The molecule has 0 aromatic rings. The number of β-amino-alcohol motifs (C(OH)–C–C–N with tert-alkyl or cyclic N) is 1. The minimum absolute atomic E-state index is 0.225. The first-order valence-corrected chi connectivity index (χ1v) is 5.55. The van der Waals surface area contributed by atoms with Crippen molar-refractivity contribution in [1.29, 1.82) is 5.26 Å². The fraction of sp³-hybridized carbons (Fsp3) is 0.909. The number of aliphatic hydroxyl groups excluding tert-OH is 1. The number of nitrogens with zero attached hydrogens (tertiary/aromatic N) is 2. The lowest BCUT2D eigenvalue weighted by molar-refractivity contribution is 0.0257. The summed E-state index contributed by atoms with van der Waals surface area (Å²) in [5.74, 6) is 0.444. The van der Waals surface area contributed by atoms with Crippen molar-refractivity contribution < 1.29 is 5.11 Å². The first-order chi connectivity index (χ1) is 6.77. The Balaban J connectivity index is 0.000000791. The van der Waals surface area contributed by atoms with Crippen LogP contribution < -0.4 is 0 Å². The van der Waals surface area contributed by atoms with Crippen molar-refractivity contribution in [2.24, 2.45) is 5.92 Å². The molecular weight excluding hydrogens is 176 g/mol. The molecular formula is C11H22N2O. The van der Waals surface area contributed by atoms with Gasteiger partial charge in [0.05, 0.1) is 18.7 Å². The molecule has 0 spiro atoms. The second-order valence-electron chi connectivity index (χ2n) is 3.42. The number of piperidine rings is 1. The van der Waals surface area contributed by atoms with Gasteiger partial charge in [-0.2, -0.15) is 5.26 Å². The number of hydrogen-bond donors (Lipinski definition) is 1. The molecule has 1 rings (SSSR count). The van der Waals surface area contributed by atoms with Crippen LogP contribution in [-0.4, -0.2) is 35.7 Å². The molecule has 2 unspecified atom stereocenters. The van der Waals surface area contributed by atoms with E-state index in [1.165, 1.54) is 0 Å². The molecule has 1 saturated heterocycles. The number of nitriles is 1. The van der Waals surface area contributed by atoms with E-state index in [0.29, 0.717) is 19.0 Å². The zero-order valence-electron chi connectivity index (χ0n) is 9.53. The number of likely N-dealkylation sites (tertiary alicyclic amines) is 1. The molecule has 1 fully saturated rings. The first kappa shape index (κ1) is 13.4. The maximum absolute atomic E-state index is 9.61. The van der Waals surface area contributed by atoms with E-state index in [9.17, 15) is 5.11 Å². The molecule has 1 N–H and O–H groups in total. The Hall–Kier alpha value is -0.590. The lowest BCUT2D eigenvalue weighted by atomic mass is 9.92. The quantitative estimate of drug-likeness (QED) is 0.686. The molecule has 3 heteroatoms. The van der Waals surface area contributed by atoms with Crippen molar-refractivity contribution in [1.82, 2.24) is 4.90 Å². The van der Waals surface area contributed by atoms with Gasteiger partial charge in [-0.05, 0) is 18.9 Å². The average Bonchev–Trinajstić information content (AvgIpc) is 2.22. The molecule has 0 bridgehead atoms. The van der Waals surface area contributed by atoms with Gasteiger partial charge in [0.1, 0.15) is 0 Å². The van der Waals surface area contributed by atoms with Gasteiger partial charge in [0.2, 0.25) is 0 Å². The Bertz CT molecular complexity index is 177. The standard InChI is InChI=1S/C9H16N2O.C2H6/c1-2-8-3-5-11(6-4-10)7-9(8)12;1-2/h8-9,12H,2-3,5-7H2,1H3;1-2H3. The van der Waals surface area contributed by atoms with E-state index in [4.69, 9.17) is 5.26 Å². The molecule has 1 heterocycles. The van der Waals surface area contributed by atoms with Gasteiger partial charge in [-0.25, -0.2) is 0 Å². The van der Waals surface area contributed by atoms with Crippen molar-refractivity contribution in [3.63, 3.8) is 0 Å². The highest BCUT2D eigenvalue weighted by atomic mass is 16.3. The van der Waals surface area contributed by atoms with E-state index in [1.807, 2.05) is 18.7 Å². The third-order valence-corrected chi connectivity index (χ3v) is 2.62. The van der Waals surface area contributed by atoms with Crippen molar-refractivity contribution >= 4 is 0 Å². The fourth-order valence-electron chi connectivity index (χ4n) is 1.77. The summed E-state index contributed by atoms with van der Waals surface area (Å²) in [7, 11) is 0. The van der Waals surface area contributed by atoms with E-state index in [-0.39, 0.29) is 6.10 Å². The Morgan fingerprint density at radius 1 is 1.50 bits per heavy atom. The molecule has 0 amide bonds. The summed E-state index contributed by atoms with van der Waals surface area (Å²) in [6.45, 7) is 8.19. The lowest BCUT2D eigenvalue weighted by Gasteiger charge is -2.33. The molecule has 82 valence electrons. The number of aliphatic hydroxyl groups is 1. The average molecular weight is 198 g/mol. The summed E-state index contributed by atoms with van der Waals surface area (Å²) < 4.78 is 0. The molecule has 0 aromatic carbocycles. The summed E-state index contributed by atoms with van der Waals surface area (Å²) in [4.78, 5) is 2.01. The van der Waals surface area contributed by atoms with Gasteiger partial charge in [-0.3, -0.25) is 4.90 Å². The number of rotatable bonds is 2. The van der Waals surface area contributed by atoms with Gasteiger partial charge in [-0.1, -0.05) is 27.2 Å². The molecule has 0 aliphatic carbocycles. The predicted octanol–water partition coefficient (Wildman–Crippen LogP) is 1.63. The van der Waals surface area contributed by atoms with Crippen molar-refractivity contribution in [2.75, 3.05) is 19.6 Å². The van der Waals surface area contributed by atoms with Gasteiger partial charge < -0.3 is 5.11 Å². The molecule has 0 aromatic heterocycles. The molecule has 0 radical (unpaired) electrons. The van der Waals surface area contributed by atoms with Crippen LogP contribution in [0, 0.1) is 17.2 Å². The van der Waals surface area contributed by atoms with Crippen molar-refractivity contribution in [2.45, 2.75) is 39.7 Å². The van der Waals surface area contributed by atoms with Gasteiger partial charge in [0.25, 0.3) is 0 Å². The molecule has 1 aliphatic rings. The monoisotopic (exact) mass is 198 g/mol. The summed E-state index contributed by atoms with van der Waals surface area (Å²) in [5, 5.41) is 18.1. The minimum Gasteiger partial charge on any atom is -0.392 e. The number of hydrogen-bond acceptors (Lipinski definition) is 3. The predicted molar refractivity (Wildman–Crippen MR) is 57.8 cm³/mol. The first-order valence-electron chi connectivity index (χ1n) is 5.55. The minimum atomic E-state index is -0.225. The Morgan fingerprint density at radius 2 is 2.14 bits per heavy atom. The van der Waals surface area contributed by atoms with E-state index >= 15 is 0 Å². The fourth-order valence-corrected chi connectivity index (χ4v) is 1.77.